The molecule has 0 aliphatic carbocycles. The van der Waals surface area contributed by atoms with Gasteiger partial charge in [0.1, 0.15) is 11.5 Å². The predicted molar refractivity (Wildman–Crippen MR) is 120 cm³/mol. The van der Waals surface area contributed by atoms with Crippen LogP contribution in [0.25, 0.3) is 11.1 Å². The number of ether oxygens (including phenoxy) is 1. The van der Waals surface area contributed by atoms with Crippen LogP contribution in [0, 0.1) is 0 Å². The molecule has 0 saturated carbocycles. The summed E-state index contributed by atoms with van der Waals surface area (Å²) in [5.74, 6) is 1.07. The van der Waals surface area contributed by atoms with Crippen molar-refractivity contribution in [2.24, 2.45) is 0 Å². The quantitative estimate of drug-likeness (QED) is 0.602. The van der Waals surface area contributed by atoms with Gasteiger partial charge in [-0.1, -0.05) is 24.3 Å². The zero-order chi connectivity index (χ0) is 22.7. The third-order valence-corrected chi connectivity index (χ3v) is 5.19. The molecule has 0 unspecified atom stereocenters. The minimum Gasteiger partial charge on any atom is -0.372 e. The van der Waals surface area contributed by atoms with Crippen molar-refractivity contribution >= 4 is 17.5 Å². The molecular formula is C23H25F2N5O2. The number of rotatable bonds is 6. The maximum absolute atomic E-state index is 12.6. The molecule has 4 rings (SSSR count). The van der Waals surface area contributed by atoms with Crippen molar-refractivity contribution in [3.63, 3.8) is 0 Å². The van der Waals surface area contributed by atoms with E-state index >= 15 is 0 Å². The molecule has 0 radical (unpaired) electrons. The molecular weight excluding hydrogens is 416 g/mol. The van der Waals surface area contributed by atoms with E-state index in [4.69, 9.17) is 4.74 Å². The predicted octanol–water partition coefficient (Wildman–Crippen LogP) is 4.00. The zero-order valence-electron chi connectivity index (χ0n) is 17.9. The minimum absolute atomic E-state index is 0.0746. The van der Waals surface area contributed by atoms with Gasteiger partial charge in [-0.05, 0) is 37.1 Å². The Hall–Kier alpha value is -3.33. The molecule has 3 aromatic rings. The summed E-state index contributed by atoms with van der Waals surface area (Å²) in [6, 6.07) is 10.3. The number of hydrogen-bond donors (Lipinski definition) is 2. The third-order valence-electron chi connectivity index (χ3n) is 5.19. The van der Waals surface area contributed by atoms with Crippen LogP contribution in [0.3, 0.4) is 0 Å². The van der Waals surface area contributed by atoms with Gasteiger partial charge in [0.05, 0.1) is 12.2 Å². The van der Waals surface area contributed by atoms with E-state index < -0.39 is 6.43 Å². The fourth-order valence-electron chi connectivity index (χ4n) is 3.80. The molecule has 2 atom stereocenters. The van der Waals surface area contributed by atoms with Crippen molar-refractivity contribution in [3.8, 4) is 11.1 Å². The van der Waals surface area contributed by atoms with Crippen LogP contribution >= 0.6 is 0 Å². The molecule has 1 aliphatic heterocycles. The SMILES string of the molecule is C[C@@H]1CN(c2nccc(Nc3cc(-c4ccc(CC(F)F)cc4)c[nH]c3=O)n2)C[C@H](C)O1. The van der Waals surface area contributed by atoms with Gasteiger partial charge < -0.3 is 19.9 Å². The lowest BCUT2D eigenvalue weighted by Crippen LogP contribution is -2.46. The first-order chi connectivity index (χ1) is 15.4. The third kappa shape index (κ3) is 5.28. The van der Waals surface area contributed by atoms with Crippen molar-refractivity contribution in [2.75, 3.05) is 23.3 Å². The molecule has 0 bridgehead atoms. The molecule has 32 heavy (non-hydrogen) atoms. The molecule has 0 amide bonds. The number of anilines is 3. The zero-order valence-corrected chi connectivity index (χ0v) is 17.9. The van der Waals surface area contributed by atoms with Crippen LogP contribution in [-0.2, 0) is 11.2 Å². The highest BCUT2D eigenvalue weighted by atomic mass is 19.3. The van der Waals surface area contributed by atoms with E-state index in [1.807, 2.05) is 13.8 Å². The number of benzene rings is 1. The van der Waals surface area contributed by atoms with Gasteiger partial charge in [-0.15, -0.1) is 0 Å². The van der Waals surface area contributed by atoms with E-state index in [9.17, 15) is 13.6 Å². The van der Waals surface area contributed by atoms with Crippen molar-refractivity contribution in [3.05, 3.63) is 64.7 Å². The number of pyridine rings is 1. The Morgan fingerprint density at radius 3 is 2.56 bits per heavy atom. The fraction of sp³-hybridized carbons (Fsp3) is 0.348. The number of alkyl halides is 2. The summed E-state index contributed by atoms with van der Waals surface area (Å²) in [7, 11) is 0. The van der Waals surface area contributed by atoms with Gasteiger partial charge in [0.2, 0.25) is 12.4 Å². The van der Waals surface area contributed by atoms with E-state index in [0.29, 0.717) is 36.1 Å². The monoisotopic (exact) mass is 441 g/mol. The Morgan fingerprint density at radius 1 is 1.16 bits per heavy atom. The van der Waals surface area contributed by atoms with Crippen LogP contribution in [0.15, 0.2) is 53.6 Å². The lowest BCUT2D eigenvalue weighted by atomic mass is 10.0. The summed E-state index contributed by atoms with van der Waals surface area (Å²) in [4.78, 5) is 26.1. The van der Waals surface area contributed by atoms with Crippen LogP contribution in [-0.4, -0.2) is 46.7 Å². The Labute approximate surface area is 184 Å². The highest BCUT2D eigenvalue weighted by Gasteiger charge is 2.24. The molecule has 1 fully saturated rings. The van der Waals surface area contributed by atoms with Gasteiger partial charge in [-0.3, -0.25) is 4.79 Å². The normalized spacial score (nSPS) is 18.7. The number of morpholine rings is 1. The summed E-state index contributed by atoms with van der Waals surface area (Å²) >= 11 is 0. The highest BCUT2D eigenvalue weighted by Crippen LogP contribution is 2.23. The van der Waals surface area contributed by atoms with E-state index in [1.54, 1.807) is 48.8 Å². The van der Waals surface area contributed by atoms with Crippen LogP contribution in [0.5, 0.6) is 0 Å². The average Bonchev–Trinajstić information content (AvgIpc) is 2.75. The molecule has 1 saturated heterocycles. The molecule has 3 heterocycles. The summed E-state index contributed by atoms with van der Waals surface area (Å²) in [6.45, 7) is 5.39. The van der Waals surface area contributed by atoms with Gasteiger partial charge in [0.15, 0.2) is 0 Å². The number of nitrogens with zero attached hydrogens (tertiary/aromatic N) is 3. The number of H-pyrrole nitrogens is 1. The van der Waals surface area contributed by atoms with Gasteiger partial charge in [-0.25, -0.2) is 13.8 Å². The number of aromatic nitrogens is 3. The molecule has 0 spiro atoms. The van der Waals surface area contributed by atoms with Crippen molar-refractivity contribution in [2.45, 2.75) is 38.9 Å². The van der Waals surface area contributed by atoms with Crippen LogP contribution in [0.2, 0.25) is 0 Å². The topological polar surface area (TPSA) is 83.1 Å². The molecule has 2 N–H and O–H groups in total. The molecule has 9 heteroatoms. The summed E-state index contributed by atoms with van der Waals surface area (Å²) in [6.07, 6.45) is 0.727. The molecule has 7 nitrogen and oxygen atoms in total. The van der Waals surface area contributed by atoms with E-state index in [1.165, 1.54) is 0 Å². The fourth-order valence-corrected chi connectivity index (χ4v) is 3.80. The van der Waals surface area contributed by atoms with Gasteiger partial charge >= 0.3 is 0 Å². The van der Waals surface area contributed by atoms with Crippen LogP contribution in [0.4, 0.5) is 26.2 Å². The first-order valence-electron chi connectivity index (χ1n) is 10.5. The van der Waals surface area contributed by atoms with Gasteiger partial charge in [0.25, 0.3) is 5.56 Å². The van der Waals surface area contributed by atoms with Crippen LogP contribution in [0.1, 0.15) is 19.4 Å². The molecule has 1 aromatic carbocycles. The smallest absolute Gasteiger partial charge is 0.271 e. The maximum atomic E-state index is 12.6. The number of halogens is 2. The Kier molecular flexibility index (Phi) is 6.45. The standard InChI is InChI=1S/C23H25F2N5O2/c1-14-12-30(13-15(2)32-14)23-26-8-7-21(29-23)28-19-10-18(11-27-22(19)31)17-5-3-16(4-6-17)9-20(24)25/h3-8,10-11,14-15,20H,9,12-13H2,1-2H3,(H,27,31)(H,26,28,29)/t14-,15+. The molecule has 1 aliphatic rings. The lowest BCUT2D eigenvalue weighted by Gasteiger charge is -2.35. The minimum atomic E-state index is -2.38. The van der Waals surface area contributed by atoms with Gasteiger partial charge in [0, 0.05) is 37.5 Å². The van der Waals surface area contributed by atoms with E-state index in [0.717, 1.165) is 11.1 Å². The van der Waals surface area contributed by atoms with Crippen molar-refractivity contribution < 1.29 is 13.5 Å². The van der Waals surface area contributed by atoms with Crippen molar-refractivity contribution in [1.82, 2.24) is 15.0 Å². The second-order valence-corrected chi connectivity index (χ2v) is 7.95. The Bertz CT molecular complexity index is 1110. The summed E-state index contributed by atoms with van der Waals surface area (Å²) < 4.78 is 30.9. The molecule has 2 aromatic heterocycles. The summed E-state index contributed by atoms with van der Waals surface area (Å²) in [5, 5.41) is 3.07. The highest BCUT2D eigenvalue weighted by molar-refractivity contribution is 5.69. The maximum Gasteiger partial charge on any atom is 0.271 e. The number of aromatic amines is 1. The number of nitrogens with one attached hydrogen (secondary N) is 2. The van der Waals surface area contributed by atoms with E-state index in [-0.39, 0.29) is 24.2 Å². The summed E-state index contributed by atoms with van der Waals surface area (Å²) in [5.41, 5.74) is 2.15. The Morgan fingerprint density at radius 2 is 1.88 bits per heavy atom. The average molecular weight is 441 g/mol. The second kappa shape index (κ2) is 9.44. The number of hydrogen-bond acceptors (Lipinski definition) is 6. The lowest BCUT2D eigenvalue weighted by molar-refractivity contribution is -0.00571. The van der Waals surface area contributed by atoms with Gasteiger partial charge in [-0.2, -0.15) is 4.98 Å². The van der Waals surface area contributed by atoms with E-state index in [2.05, 4.69) is 25.2 Å². The first-order valence-corrected chi connectivity index (χ1v) is 10.5. The first kappa shape index (κ1) is 21.9. The van der Waals surface area contributed by atoms with Crippen LogP contribution < -0.4 is 15.8 Å². The van der Waals surface area contributed by atoms with Crippen molar-refractivity contribution in [1.29, 1.82) is 0 Å². The molecule has 168 valence electrons. The second-order valence-electron chi connectivity index (χ2n) is 7.95. The largest absolute Gasteiger partial charge is 0.372 e. The Balaban J connectivity index is 1.54.